The number of fused-ring (bicyclic) bond motifs is 1. The summed E-state index contributed by atoms with van der Waals surface area (Å²) in [5.74, 6) is 2.39. The molecule has 20 heavy (non-hydrogen) atoms. The van der Waals surface area contributed by atoms with Gasteiger partial charge in [-0.1, -0.05) is 6.07 Å². The van der Waals surface area contributed by atoms with Crippen LogP contribution in [0.2, 0.25) is 0 Å². The number of aromatic nitrogens is 2. The first-order chi connectivity index (χ1) is 9.76. The van der Waals surface area contributed by atoms with E-state index in [1.54, 1.807) is 7.11 Å². The van der Waals surface area contributed by atoms with Crippen molar-refractivity contribution in [2.75, 3.05) is 19.6 Å². The van der Waals surface area contributed by atoms with Crippen LogP contribution in [0.15, 0.2) is 18.2 Å². The van der Waals surface area contributed by atoms with Crippen molar-refractivity contribution >= 4 is 22.6 Å². The number of rotatable bonds is 4. The van der Waals surface area contributed by atoms with Crippen molar-refractivity contribution in [2.45, 2.75) is 31.9 Å². The Hall–Kier alpha value is -1.26. The number of ether oxygens (including phenoxy) is 2. The van der Waals surface area contributed by atoms with Gasteiger partial charge in [0.15, 0.2) is 0 Å². The molecule has 1 saturated heterocycles. The predicted octanol–water partition coefficient (Wildman–Crippen LogP) is 3.18. The molecule has 1 aliphatic rings. The second-order valence-corrected chi connectivity index (χ2v) is 5.47. The summed E-state index contributed by atoms with van der Waals surface area (Å²) in [5, 5.41) is 0. The average molecular weight is 295 g/mol. The summed E-state index contributed by atoms with van der Waals surface area (Å²) in [6, 6.07) is 6.36. The standard InChI is InChI=1S/C15H19ClN2O2/c1-10-11(7-9-20-10)18-12-4-3-5-13(19-2)15(12)17-14(18)6-8-16/h3-5,10-11H,6-9H2,1-2H3. The molecule has 0 radical (unpaired) electrons. The lowest BCUT2D eigenvalue weighted by molar-refractivity contribution is 0.108. The molecule has 0 aliphatic carbocycles. The third kappa shape index (κ3) is 2.17. The van der Waals surface area contributed by atoms with Crippen LogP contribution in [0.1, 0.15) is 25.2 Å². The zero-order valence-corrected chi connectivity index (χ0v) is 12.6. The number of halogens is 1. The van der Waals surface area contributed by atoms with E-state index in [0.717, 1.165) is 42.1 Å². The van der Waals surface area contributed by atoms with Gasteiger partial charge in [0, 0.05) is 18.9 Å². The molecule has 2 heterocycles. The zero-order chi connectivity index (χ0) is 14.1. The lowest BCUT2D eigenvalue weighted by atomic mass is 10.1. The molecule has 0 N–H and O–H groups in total. The van der Waals surface area contributed by atoms with Crippen molar-refractivity contribution in [2.24, 2.45) is 0 Å². The number of alkyl halides is 1. The Bertz CT molecular complexity index is 611. The van der Waals surface area contributed by atoms with Gasteiger partial charge in [-0.05, 0) is 25.5 Å². The van der Waals surface area contributed by atoms with E-state index in [-0.39, 0.29) is 6.10 Å². The number of hydrogen-bond acceptors (Lipinski definition) is 3. The molecule has 5 heteroatoms. The Kier molecular flexibility index (Phi) is 3.85. The van der Waals surface area contributed by atoms with Crippen molar-refractivity contribution in [1.29, 1.82) is 0 Å². The molecule has 3 rings (SSSR count). The molecule has 0 amide bonds. The highest BCUT2D eigenvalue weighted by Gasteiger charge is 2.29. The largest absolute Gasteiger partial charge is 0.494 e. The monoisotopic (exact) mass is 294 g/mol. The minimum Gasteiger partial charge on any atom is -0.494 e. The van der Waals surface area contributed by atoms with Crippen molar-refractivity contribution in [3.63, 3.8) is 0 Å². The van der Waals surface area contributed by atoms with Crippen LogP contribution in [-0.2, 0) is 11.2 Å². The van der Waals surface area contributed by atoms with E-state index in [0.29, 0.717) is 11.9 Å². The minimum atomic E-state index is 0.202. The highest BCUT2D eigenvalue weighted by molar-refractivity contribution is 6.17. The van der Waals surface area contributed by atoms with E-state index in [9.17, 15) is 0 Å². The zero-order valence-electron chi connectivity index (χ0n) is 11.8. The molecule has 4 nitrogen and oxygen atoms in total. The summed E-state index contributed by atoms with van der Waals surface area (Å²) in [5.41, 5.74) is 2.01. The van der Waals surface area contributed by atoms with Gasteiger partial charge in [-0.25, -0.2) is 4.98 Å². The SMILES string of the molecule is COc1cccc2c1nc(CCCl)n2C1CCOC1C. The molecule has 0 spiro atoms. The number of hydrogen-bond donors (Lipinski definition) is 0. The van der Waals surface area contributed by atoms with Crippen molar-refractivity contribution in [3.8, 4) is 5.75 Å². The maximum atomic E-state index is 5.94. The summed E-state index contributed by atoms with van der Waals surface area (Å²) >= 11 is 5.94. The molecule has 1 fully saturated rings. The number of nitrogens with zero attached hydrogens (tertiary/aromatic N) is 2. The van der Waals surface area contributed by atoms with Gasteiger partial charge < -0.3 is 14.0 Å². The van der Waals surface area contributed by atoms with Crippen molar-refractivity contribution in [3.05, 3.63) is 24.0 Å². The number of para-hydroxylation sites is 1. The molecular formula is C15H19ClN2O2. The molecule has 108 valence electrons. The number of aryl methyl sites for hydroxylation is 1. The van der Waals surface area contributed by atoms with Gasteiger partial charge in [-0.3, -0.25) is 0 Å². The van der Waals surface area contributed by atoms with E-state index in [2.05, 4.69) is 17.6 Å². The summed E-state index contributed by atoms with van der Waals surface area (Å²) < 4.78 is 13.4. The predicted molar refractivity (Wildman–Crippen MR) is 79.8 cm³/mol. The fraction of sp³-hybridized carbons (Fsp3) is 0.533. The minimum absolute atomic E-state index is 0.202. The second-order valence-electron chi connectivity index (χ2n) is 5.10. The molecule has 1 aliphatic heterocycles. The smallest absolute Gasteiger partial charge is 0.146 e. The van der Waals surface area contributed by atoms with Crippen LogP contribution in [0.25, 0.3) is 11.0 Å². The van der Waals surface area contributed by atoms with Crippen LogP contribution in [0.5, 0.6) is 5.75 Å². The lowest BCUT2D eigenvalue weighted by Gasteiger charge is -2.19. The Labute approximate surface area is 123 Å². The summed E-state index contributed by atoms with van der Waals surface area (Å²) in [7, 11) is 1.68. The van der Waals surface area contributed by atoms with Crippen LogP contribution in [0.3, 0.4) is 0 Å². The van der Waals surface area contributed by atoms with Gasteiger partial charge in [0.25, 0.3) is 0 Å². The highest BCUT2D eigenvalue weighted by atomic mass is 35.5. The first-order valence-electron chi connectivity index (χ1n) is 6.97. The Morgan fingerprint density at radius 3 is 3.00 bits per heavy atom. The van der Waals surface area contributed by atoms with Crippen molar-refractivity contribution < 1.29 is 9.47 Å². The second kappa shape index (κ2) is 5.62. The molecule has 0 saturated carbocycles. The fourth-order valence-corrected chi connectivity index (χ4v) is 3.16. The molecular weight excluding hydrogens is 276 g/mol. The van der Waals surface area contributed by atoms with E-state index >= 15 is 0 Å². The fourth-order valence-electron chi connectivity index (χ4n) is 2.99. The van der Waals surface area contributed by atoms with Crippen LogP contribution in [0.4, 0.5) is 0 Å². The quantitative estimate of drug-likeness (QED) is 0.813. The van der Waals surface area contributed by atoms with E-state index in [4.69, 9.17) is 26.1 Å². The number of benzene rings is 1. The molecule has 0 bridgehead atoms. The van der Waals surface area contributed by atoms with E-state index in [1.165, 1.54) is 0 Å². The third-order valence-corrected chi connectivity index (χ3v) is 4.15. The van der Waals surface area contributed by atoms with Gasteiger partial charge in [0.1, 0.15) is 17.1 Å². The van der Waals surface area contributed by atoms with Crippen LogP contribution >= 0.6 is 11.6 Å². The average Bonchev–Trinajstić information content (AvgIpc) is 3.01. The van der Waals surface area contributed by atoms with Gasteiger partial charge >= 0.3 is 0 Å². The molecule has 2 aromatic rings. The number of imidazole rings is 1. The molecule has 2 unspecified atom stereocenters. The molecule has 1 aromatic carbocycles. The molecule has 2 atom stereocenters. The van der Waals surface area contributed by atoms with Crippen LogP contribution < -0.4 is 4.74 Å². The third-order valence-electron chi connectivity index (χ3n) is 3.96. The van der Waals surface area contributed by atoms with E-state index in [1.807, 2.05) is 12.1 Å². The first-order valence-corrected chi connectivity index (χ1v) is 7.51. The number of methoxy groups -OCH3 is 1. The lowest BCUT2D eigenvalue weighted by Crippen LogP contribution is -2.19. The summed E-state index contributed by atoms with van der Waals surface area (Å²) in [4.78, 5) is 4.75. The highest BCUT2D eigenvalue weighted by Crippen LogP contribution is 2.34. The Balaban J connectivity index is 2.19. The maximum Gasteiger partial charge on any atom is 0.146 e. The summed E-state index contributed by atoms with van der Waals surface area (Å²) in [6.07, 6.45) is 1.97. The van der Waals surface area contributed by atoms with Gasteiger partial charge in [-0.15, -0.1) is 11.6 Å². The van der Waals surface area contributed by atoms with Crippen molar-refractivity contribution in [1.82, 2.24) is 9.55 Å². The summed E-state index contributed by atoms with van der Waals surface area (Å²) in [6.45, 7) is 2.92. The van der Waals surface area contributed by atoms with Gasteiger partial charge in [0.05, 0.1) is 24.8 Å². The molecule has 1 aromatic heterocycles. The van der Waals surface area contributed by atoms with Gasteiger partial charge in [-0.2, -0.15) is 0 Å². The van der Waals surface area contributed by atoms with Crippen LogP contribution in [-0.4, -0.2) is 35.3 Å². The Morgan fingerprint density at radius 2 is 2.35 bits per heavy atom. The topological polar surface area (TPSA) is 36.3 Å². The first kappa shape index (κ1) is 13.7. The van der Waals surface area contributed by atoms with Gasteiger partial charge in [0.2, 0.25) is 0 Å². The normalized spacial score (nSPS) is 22.6. The Morgan fingerprint density at radius 1 is 1.50 bits per heavy atom. The van der Waals surface area contributed by atoms with E-state index < -0.39 is 0 Å². The maximum absolute atomic E-state index is 5.94. The van der Waals surface area contributed by atoms with Crippen LogP contribution in [0, 0.1) is 0 Å².